The Morgan fingerprint density at radius 1 is 1.00 bits per heavy atom. The number of benzene rings is 2. The monoisotopic (exact) mass is 467 g/mol. The Balaban J connectivity index is 1.59. The second-order valence-corrected chi connectivity index (χ2v) is 7.45. The number of carbonyl (C=O) groups is 2. The van der Waals surface area contributed by atoms with Gasteiger partial charge in [0.2, 0.25) is 0 Å². The second-order valence-electron chi connectivity index (χ2n) is 7.45. The fraction of sp³-hybridized carbons (Fsp3) is 0.167. The van der Waals surface area contributed by atoms with Gasteiger partial charge in [-0.1, -0.05) is 30.3 Å². The lowest BCUT2D eigenvalue weighted by Crippen LogP contribution is -2.33. The van der Waals surface area contributed by atoms with Gasteiger partial charge >= 0.3 is 6.18 Å². The molecule has 7 nitrogen and oxygen atoms in total. The SMILES string of the molecule is CCn1ncc2c(C(=O)Nc3ccc(C(=O)NCC(F)(F)F)cc3)cc(-c3ccccc3)nc21. The highest BCUT2D eigenvalue weighted by molar-refractivity contribution is 6.12. The number of anilines is 1. The standard InChI is InChI=1S/C24H20F3N5O2/c1-2-32-21-19(13-29-32)18(12-20(31-21)15-6-4-3-5-7-15)23(34)30-17-10-8-16(9-11-17)22(33)28-14-24(25,26)27/h3-13H,2,14H2,1H3,(H,28,33)(H,30,34). The van der Waals surface area contributed by atoms with Crippen LogP contribution in [0.2, 0.25) is 0 Å². The van der Waals surface area contributed by atoms with Crippen LogP contribution < -0.4 is 10.6 Å². The zero-order valence-electron chi connectivity index (χ0n) is 18.1. The van der Waals surface area contributed by atoms with Gasteiger partial charge in [-0.25, -0.2) is 9.67 Å². The van der Waals surface area contributed by atoms with E-state index in [1.807, 2.05) is 42.6 Å². The maximum absolute atomic E-state index is 13.2. The minimum absolute atomic E-state index is 0.0455. The first-order valence-electron chi connectivity index (χ1n) is 10.4. The van der Waals surface area contributed by atoms with Crippen molar-refractivity contribution >= 4 is 28.5 Å². The van der Waals surface area contributed by atoms with Crippen molar-refractivity contribution in [2.75, 3.05) is 11.9 Å². The zero-order chi connectivity index (χ0) is 24.3. The largest absolute Gasteiger partial charge is 0.405 e. The van der Waals surface area contributed by atoms with Crippen LogP contribution in [0, 0.1) is 0 Å². The summed E-state index contributed by atoms with van der Waals surface area (Å²) in [6.07, 6.45) is -2.91. The minimum Gasteiger partial charge on any atom is -0.343 e. The number of amides is 2. The molecule has 0 atom stereocenters. The zero-order valence-corrected chi connectivity index (χ0v) is 18.1. The van der Waals surface area contributed by atoms with E-state index in [0.717, 1.165) is 5.56 Å². The number of nitrogens with one attached hydrogen (secondary N) is 2. The van der Waals surface area contributed by atoms with Crippen molar-refractivity contribution in [3.8, 4) is 11.3 Å². The number of hydrogen-bond donors (Lipinski definition) is 2. The number of halogens is 3. The molecule has 0 unspecified atom stereocenters. The van der Waals surface area contributed by atoms with Gasteiger partial charge in [0.05, 0.1) is 22.8 Å². The minimum atomic E-state index is -4.50. The molecular formula is C24H20F3N5O2. The van der Waals surface area contributed by atoms with E-state index >= 15 is 0 Å². The van der Waals surface area contributed by atoms with Crippen molar-refractivity contribution < 1.29 is 22.8 Å². The fourth-order valence-corrected chi connectivity index (χ4v) is 3.41. The molecule has 0 aliphatic heterocycles. The average molecular weight is 467 g/mol. The van der Waals surface area contributed by atoms with E-state index in [4.69, 9.17) is 0 Å². The molecule has 4 rings (SSSR count). The summed E-state index contributed by atoms with van der Waals surface area (Å²) in [5.74, 6) is -1.26. The molecule has 10 heteroatoms. The van der Waals surface area contributed by atoms with Crippen LogP contribution in [0.15, 0.2) is 66.9 Å². The summed E-state index contributed by atoms with van der Waals surface area (Å²) in [5, 5.41) is 9.47. The summed E-state index contributed by atoms with van der Waals surface area (Å²) in [7, 11) is 0. The average Bonchev–Trinajstić information content (AvgIpc) is 3.25. The first-order chi connectivity index (χ1) is 16.2. The summed E-state index contributed by atoms with van der Waals surface area (Å²) in [6, 6.07) is 16.7. The lowest BCUT2D eigenvalue weighted by atomic mass is 10.1. The predicted octanol–water partition coefficient (Wildman–Crippen LogP) is 4.66. The van der Waals surface area contributed by atoms with E-state index in [0.29, 0.717) is 34.5 Å². The molecule has 2 amide bonds. The Hall–Kier alpha value is -4.21. The van der Waals surface area contributed by atoms with Crippen LogP contribution >= 0.6 is 0 Å². The summed E-state index contributed by atoms with van der Waals surface area (Å²) in [4.78, 5) is 29.7. The van der Waals surface area contributed by atoms with Gasteiger partial charge in [0.25, 0.3) is 11.8 Å². The Labute approximate surface area is 192 Å². The van der Waals surface area contributed by atoms with Crippen molar-refractivity contribution in [3.63, 3.8) is 0 Å². The van der Waals surface area contributed by atoms with Crippen molar-refractivity contribution in [3.05, 3.63) is 78.0 Å². The van der Waals surface area contributed by atoms with E-state index in [9.17, 15) is 22.8 Å². The number of nitrogens with zero attached hydrogens (tertiary/aromatic N) is 3. The van der Waals surface area contributed by atoms with Crippen molar-refractivity contribution in [2.45, 2.75) is 19.6 Å². The molecule has 0 saturated heterocycles. The summed E-state index contributed by atoms with van der Waals surface area (Å²) >= 11 is 0. The quantitative estimate of drug-likeness (QED) is 0.432. The Kier molecular flexibility index (Phi) is 6.31. The van der Waals surface area contributed by atoms with E-state index in [2.05, 4.69) is 15.4 Å². The van der Waals surface area contributed by atoms with Gasteiger partial charge in [0.15, 0.2) is 5.65 Å². The highest BCUT2D eigenvalue weighted by Gasteiger charge is 2.28. The maximum atomic E-state index is 13.2. The van der Waals surface area contributed by atoms with Crippen LogP contribution in [0.5, 0.6) is 0 Å². The van der Waals surface area contributed by atoms with E-state index in [1.54, 1.807) is 16.9 Å². The molecule has 0 aliphatic rings. The van der Waals surface area contributed by atoms with Gasteiger partial charge in [0.1, 0.15) is 6.54 Å². The number of aromatic nitrogens is 3. The first-order valence-corrected chi connectivity index (χ1v) is 10.4. The fourth-order valence-electron chi connectivity index (χ4n) is 3.41. The van der Waals surface area contributed by atoms with Gasteiger partial charge in [0, 0.05) is 23.4 Å². The topological polar surface area (TPSA) is 88.9 Å². The third-order valence-corrected chi connectivity index (χ3v) is 5.08. The Bertz CT molecular complexity index is 1330. The molecule has 2 aromatic carbocycles. The molecular weight excluding hydrogens is 447 g/mol. The van der Waals surface area contributed by atoms with Gasteiger partial charge in [-0.3, -0.25) is 9.59 Å². The molecule has 34 heavy (non-hydrogen) atoms. The van der Waals surface area contributed by atoms with Crippen molar-refractivity contribution in [2.24, 2.45) is 0 Å². The predicted molar refractivity (Wildman–Crippen MR) is 121 cm³/mol. The van der Waals surface area contributed by atoms with Crippen LogP contribution in [0.4, 0.5) is 18.9 Å². The number of carbonyl (C=O) groups excluding carboxylic acids is 2. The smallest absolute Gasteiger partial charge is 0.343 e. The van der Waals surface area contributed by atoms with E-state index in [-0.39, 0.29) is 5.56 Å². The molecule has 0 spiro atoms. The Morgan fingerprint density at radius 3 is 2.35 bits per heavy atom. The van der Waals surface area contributed by atoms with Gasteiger partial charge in [-0.05, 0) is 37.3 Å². The molecule has 0 radical (unpaired) electrons. The number of hydrogen-bond acceptors (Lipinski definition) is 4. The lowest BCUT2D eigenvalue weighted by Gasteiger charge is -2.11. The summed E-state index contributed by atoms with van der Waals surface area (Å²) < 4.78 is 38.6. The normalized spacial score (nSPS) is 11.4. The van der Waals surface area contributed by atoms with Crippen LogP contribution in [0.1, 0.15) is 27.6 Å². The molecule has 4 aromatic rings. The molecule has 174 valence electrons. The lowest BCUT2D eigenvalue weighted by molar-refractivity contribution is -0.123. The van der Waals surface area contributed by atoms with Crippen molar-refractivity contribution in [1.82, 2.24) is 20.1 Å². The van der Waals surface area contributed by atoms with Gasteiger partial charge < -0.3 is 10.6 Å². The van der Waals surface area contributed by atoms with Gasteiger partial charge in [-0.2, -0.15) is 18.3 Å². The van der Waals surface area contributed by atoms with Crippen LogP contribution in [0.25, 0.3) is 22.3 Å². The van der Waals surface area contributed by atoms with Crippen LogP contribution in [-0.2, 0) is 6.54 Å². The highest BCUT2D eigenvalue weighted by atomic mass is 19.4. The third-order valence-electron chi connectivity index (χ3n) is 5.08. The van der Waals surface area contributed by atoms with Crippen molar-refractivity contribution in [1.29, 1.82) is 0 Å². The molecule has 2 aromatic heterocycles. The van der Waals surface area contributed by atoms with Crippen LogP contribution in [0.3, 0.4) is 0 Å². The first kappa shape index (κ1) is 23.0. The van der Waals surface area contributed by atoms with Gasteiger partial charge in [-0.15, -0.1) is 0 Å². The van der Waals surface area contributed by atoms with E-state index in [1.165, 1.54) is 24.3 Å². The molecule has 0 saturated carbocycles. The number of alkyl halides is 3. The highest BCUT2D eigenvalue weighted by Crippen LogP contribution is 2.26. The maximum Gasteiger partial charge on any atom is 0.405 e. The summed E-state index contributed by atoms with van der Waals surface area (Å²) in [5.41, 5.74) is 2.83. The molecule has 2 heterocycles. The molecule has 0 fully saturated rings. The molecule has 2 N–H and O–H groups in total. The summed E-state index contributed by atoms with van der Waals surface area (Å²) in [6.45, 7) is 1.08. The van der Waals surface area contributed by atoms with E-state index < -0.39 is 24.5 Å². The molecule has 0 bridgehead atoms. The number of rotatable bonds is 6. The Morgan fingerprint density at radius 2 is 1.71 bits per heavy atom. The second kappa shape index (κ2) is 9.34. The number of fused-ring (bicyclic) bond motifs is 1. The number of pyridine rings is 1. The molecule has 0 aliphatic carbocycles. The van der Waals surface area contributed by atoms with Crippen LogP contribution in [-0.4, -0.2) is 39.3 Å². The third kappa shape index (κ3) is 5.06. The number of aryl methyl sites for hydroxylation is 1.